The Balaban J connectivity index is -0.0000000872. The molecule has 27 heavy (non-hydrogen) atoms. The van der Waals surface area contributed by atoms with Crippen molar-refractivity contribution in [3.63, 3.8) is 0 Å². The van der Waals surface area contributed by atoms with Crippen molar-refractivity contribution in [2.45, 2.75) is 37.0 Å². The Morgan fingerprint density at radius 3 is 1.04 bits per heavy atom. The van der Waals surface area contributed by atoms with Crippen LogP contribution in [0.5, 0.6) is 0 Å². The molecule has 0 aromatic heterocycles. The van der Waals surface area contributed by atoms with Crippen molar-refractivity contribution in [2.24, 2.45) is 0 Å². The number of alkyl halides is 15. The van der Waals surface area contributed by atoms with Gasteiger partial charge in [-0.3, -0.25) is 4.70 Å². The molecule has 0 aliphatic rings. The van der Waals surface area contributed by atoms with Gasteiger partial charge in [0.15, 0.2) is 12.5 Å². The fraction of sp³-hybridized carbons (Fsp3) is 0.778. The van der Waals surface area contributed by atoms with Crippen LogP contribution in [0.25, 0.3) is 0 Å². The van der Waals surface area contributed by atoms with Gasteiger partial charge in [0.1, 0.15) is 0 Å². The van der Waals surface area contributed by atoms with Crippen molar-refractivity contribution >= 4 is 0 Å². The third-order valence-electron chi connectivity index (χ3n) is 1.42. The third-order valence-corrected chi connectivity index (χ3v) is 1.42. The normalized spacial score (nSPS) is 13.1. The zero-order chi connectivity index (χ0) is 21.4. The van der Waals surface area contributed by atoms with Crippen LogP contribution >= 0.6 is 0 Å². The molecule has 0 fully saturated rings. The molecule has 1 atom stereocenters. The average Bonchev–Trinajstić information content (AvgIpc) is 2.35. The molecule has 0 N–H and O–H groups in total. The lowest BCUT2D eigenvalue weighted by molar-refractivity contribution is -0.286. The zero-order valence-corrected chi connectivity index (χ0v) is 11.9. The minimum atomic E-state index is -5.76. The van der Waals surface area contributed by atoms with Gasteiger partial charge in [0.05, 0.1) is 0 Å². The lowest BCUT2D eigenvalue weighted by Gasteiger charge is -2.14. The maximum atomic E-state index is 11.2. The fourth-order valence-corrected chi connectivity index (χ4v) is 0.219. The highest BCUT2D eigenvalue weighted by atomic mass is 19.4. The van der Waals surface area contributed by atoms with E-state index in [-0.39, 0.29) is 9.41 Å². The van der Waals surface area contributed by atoms with Crippen molar-refractivity contribution < 1.29 is 79.7 Å². The Hall–Kier alpha value is -1.52. The molecule has 0 nitrogen and oxygen atoms in total. The molecule has 0 radical (unpaired) electrons. The van der Waals surface area contributed by atoms with E-state index < -0.39 is 49.6 Å². The second-order valence-electron chi connectivity index (χ2n) is 3.52. The summed E-state index contributed by atoms with van der Waals surface area (Å²) in [6.45, 7) is -0.663. The summed E-state index contributed by atoms with van der Waals surface area (Å²) in [6.07, 6.45) is -24.1. The van der Waals surface area contributed by atoms with Gasteiger partial charge in [-0.25, -0.2) is 22.0 Å². The van der Waals surface area contributed by atoms with Crippen LogP contribution < -0.4 is 4.70 Å². The van der Waals surface area contributed by atoms with Crippen molar-refractivity contribution in [3.8, 4) is 0 Å². The smallest absolute Gasteiger partial charge is 0.456 e. The molecule has 0 rings (SSSR count). The molecule has 0 bridgehead atoms. The standard InChI is InChI=1S/2C3H2F6.C3H2F4.2FH/c4-1-2(5,6)3(7,8)9;4-1(2(5)6)3(7,8)9;1-2(4)3(5,6)7;;/h1H2;1-2H;1H2;2*1H/p-1. The zero-order valence-electron chi connectivity index (χ0n) is 11.9. The molecule has 0 amide bonds. The van der Waals surface area contributed by atoms with Gasteiger partial charge in [-0.2, -0.15) is 48.3 Å². The minimum absolute atomic E-state index is 0. The lowest BCUT2D eigenvalue weighted by Crippen LogP contribution is -3.00. The molecule has 0 aliphatic carbocycles. The van der Waals surface area contributed by atoms with E-state index in [1.807, 2.05) is 6.58 Å². The quantitative estimate of drug-likeness (QED) is 0.558. The number of rotatable bonds is 2. The largest absolute Gasteiger partial charge is 1.00 e. The molecule has 170 valence electrons. The second-order valence-corrected chi connectivity index (χ2v) is 3.52. The third kappa shape index (κ3) is 17.6. The Labute approximate surface area is 137 Å². The van der Waals surface area contributed by atoms with Crippen LogP contribution in [0.2, 0.25) is 0 Å². The van der Waals surface area contributed by atoms with Crippen molar-refractivity contribution in [3.05, 3.63) is 12.4 Å². The van der Waals surface area contributed by atoms with Crippen molar-refractivity contribution in [1.29, 1.82) is 0 Å². The van der Waals surface area contributed by atoms with Gasteiger partial charge in [0.25, 0.3) is 12.6 Å². The van der Waals surface area contributed by atoms with Gasteiger partial charge in [0, 0.05) is 0 Å². The SMILES string of the molecule is C=C(F)C(F)(F)F.F.FC(F)C(F)C(F)(F)F.FCC(F)(F)C(F)(F)F.[F-]. The Kier molecular flexibility index (Phi) is 17.2. The maximum Gasteiger partial charge on any atom is 0.456 e. The predicted octanol–water partition coefficient (Wildman–Crippen LogP) is 3.49. The van der Waals surface area contributed by atoms with Crippen LogP contribution in [-0.2, 0) is 0 Å². The molecular weight excluding hydrogens is 450 g/mol. The van der Waals surface area contributed by atoms with E-state index in [1.165, 1.54) is 0 Å². The van der Waals surface area contributed by atoms with Crippen LogP contribution in [0.1, 0.15) is 0 Å². The summed E-state index contributed by atoms with van der Waals surface area (Å²) in [6, 6.07) is 0. The first-order valence-corrected chi connectivity index (χ1v) is 5.02. The highest BCUT2D eigenvalue weighted by molar-refractivity contribution is 4.88. The molecule has 0 aromatic rings. The second kappa shape index (κ2) is 12.8. The van der Waals surface area contributed by atoms with E-state index >= 15 is 0 Å². The number of allylic oxidation sites excluding steroid dienone is 1. The van der Waals surface area contributed by atoms with E-state index in [0.29, 0.717) is 0 Å². The average molecular weight is 457 g/mol. The Morgan fingerprint density at radius 2 is 1.04 bits per heavy atom. The van der Waals surface area contributed by atoms with Gasteiger partial charge in [-0.1, -0.05) is 6.58 Å². The lowest BCUT2D eigenvalue weighted by atomic mass is 10.4. The van der Waals surface area contributed by atoms with E-state index in [2.05, 4.69) is 0 Å². The van der Waals surface area contributed by atoms with E-state index in [9.17, 15) is 70.2 Å². The summed E-state index contributed by atoms with van der Waals surface area (Å²) in [7, 11) is 0. The van der Waals surface area contributed by atoms with Crippen LogP contribution in [0.3, 0.4) is 0 Å². The summed E-state index contributed by atoms with van der Waals surface area (Å²) in [5, 5.41) is 0. The molecule has 0 aromatic carbocycles. The van der Waals surface area contributed by atoms with Crippen molar-refractivity contribution in [2.75, 3.05) is 6.67 Å². The van der Waals surface area contributed by atoms with Gasteiger partial charge in [-0.15, -0.1) is 0 Å². The van der Waals surface area contributed by atoms with Crippen LogP contribution in [0.15, 0.2) is 12.4 Å². The fourth-order valence-electron chi connectivity index (χ4n) is 0.219. The molecule has 18 heteroatoms. The molecule has 0 heterocycles. The monoisotopic (exact) mass is 457 g/mol. The first-order valence-electron chi connectivity index (χ1n) is 5.02. The van der Waals surface area contributed by atoms with Crippen LogP contribution in [0.4, 0.5) is 75.0 Å². The minimum Gasteiger partial charge on any atom is -1.00 e. The molecule has 1 unspecified atom stereocenters. The van der Waals surface area contributed by atoms with Gasteiger partial charge in [0.2, 0.25) is 0 Å². The number of halogens is 18. The number of hydrogen-bond donors (Lipinski definition) is 0. The first kappa shape index (κ1) is 36.4. The summed E-state index contributed by atoms with van der Waals surface area (Å²) < 4.78 is 174. The van der Waals surface area contributed by atoms with E-state index in [0.717, 1.165) is 0 Å². The summed E-state index contributed by atoms with van der Waals surface area (Å²) >= 11 is 0. The first-order chi connectivity index (χ1) is 10.6. The molecule has 0 saturated heterocycles. The Morgan fingerprint density at radius 1 is 0.778 bits per heavy atom. The van der Waals surface area contributed by atoms with E-state index in [1.54, 1.807) is 0 Å². The van der Waals surface area contributed by atoms with Gasteiger partial charge < -0.3 is 4.70 Å². The Bertz CT molecular complexity index is 372. The molecule has 0 aliphatic heterocycles. The van der Waals surface area contributed by atoms with Gasteiger partial charge in [-0.05, 0) is 0 Å². The van der Waals surface area contributed by atoms with Crippen LogP contribution in [-0.4, -0.2) is 43.7 Å². The molecule has 0 saturated carbocycles. The van der Waals surface area contributed by atoms with Crippen molar-refractivity contribution in [1.82, 2.24) is 0 Å². The summed E-state index contributed by atoms with van der Waals surface area (Å²) in [5.41, 5.74) is 0. The predicted molar refractivity (Wildman–Crippen MR) is 52.7 cm³/mol. The highest BCUT2D eigenvalue weighted by Gasteiger charge is 2.57. The maximum absolute atomic E-state index is 11.2. The summed E-state index contributed by atoms with van der Waals surface area (Å²) in [4.78, 5) is 0. The summed E-state index contributed by atoms with van der Waals surface area (Å²) in [5.74, 6) is -7.44. The van der Waals surface area contributed by atoms with E-state index in [4.69, 9.17) is 0 Å². The molecule has 0 spiro atoms. The molecular formula is C9H7F18-. The highest BCUT2D eigenvalue weighted by Crippen LogP contribution is 2.35. The van der Waals surface area contributed by atoms with Gasteiger partial charge >= 0.3 is 24.5 Å². The number of hydrogen-bond acceptors (Lipinski definition) is 0. The van der Waals surface area contributed by atoms with Crippen LogP contribution in [0, 0.1) is 0 Å². The topological polar surface area (TPSA) is 0 Å².